The first kappa shape index (κ1) is 14.9. The van der Waals surface area contributed by atoms with Gasteiger partial charge in [0.2, 0.25) is 0 Å². The molecular formula is C15H18BrN3O. The molecule has 2 rings (SSSR count). The van der Waals surface area contributed by atoms with Gasteiger partial charge >= 0.3 is 0 Å². The molecule has 0 saturated heterocycles. The maximum Gasteiger partial charge on any atom is 0.271 e. The topological polar surface area (TPSA) is 60.9 Å². The van der Waals surface area contributed by atoms with Crippen LogP contribution in [0.15, 0.2) is 33.5 Å². The van der Waals surface area contributed by atoms with Gasteiger partial charge in [0.1, 0.15) is 0 Å². The van der Waals surface area contributed by atoms with Crippen LogP contribution in [0.25, 0.3) is 5.69 Å². The molecule has 0 radical (unpaired) electrons. The van der Waals surface area contributed by atoms with Crippen LogP contribution in [-0.4, -0.2) is 9.78 Å². The van der Waals surface area contributed by atoms with E-state index < -0.39 is 0 Å². The SMILES string of the molecule is Cc1ccc(-n2nc(C(C)C)c(CN)cc2=O)cc1Br. The first-order valence-corrected chi connectivity index (χ1v) is 7.33. The van der Waals surface area contributed by atoms with E-state index in [9.17, 15) is 4.79 Å². The summed E-state index contributed by atoms with van der Waals surface area (Å²) in [5.41, 5.74) is 9.07. The van der Waals surface area contributed by atoms with E-state index in [4.69, 9.17) is 5.73 Å². The fourth-order valence-corrected chi connectivity index (χ4v) is 2.42. The Kier molecular flexibility index (Phi) is 4.40. The van der Waals surface area contributed by atoms with Crippen molar-refractivity contribution in [3.8, 4) is 5.69 Å². The maximum atomic E-state index is 12.2. The molecular weight excluding hydrogens is 318 g/mol. The Morgan fingerprint density at radius 2 is 2.05 bits per heavy atom. The summed E-state index contributed by atoms with van der Waals surface area (Å²) in [6.07, 6.45) is 0. The monoisotopic (exact) mass is 335 g/mol. The zero-order valence-electron chi connectivity index (χ0n) is 11.9. The highest BCUT2D eigenvalue weighted by Crippen LogP contribution is 2.20. The third-order valence-corrected chi connectivity index (χ3v) is 4.06. The molecule has 0 amide bonds. The highest BCUT2D eigenvalue weighted by atomic mass is 79.9. The number of halogens is 1. The third kappa shape index (κ3) is 2.83. The largest absolute Gasteiger partial charge is 0.326 e. The van der Waals surface area contributed by atoms with Crippen LogP contribution < -0.4 is 11.3 Å². The Morgan fingerprint density at radius 1 is 1.35 bits per heavy atom. The third-order valence-electron chi connectivity index (χ3n) is 3.21. The van der Waals surface area contributed by atoms with Crippen molar-refractivity contribution in [2.45, 2.75) is 33.2 Å². The minimum atomic E-state index is -0.161. The van der Waals surface area contributed by atoms with Crippen LogP contribution in [0.5, 0.6) is 0 Å². The minimum absolute atomic E-state index is 0.161. The summed E-state index contributed by atoms with van der Waals surface area (Å²) in [5, 5.41) is 4.49. The molecule has 0 fully saturated rings. The van der Waals surface area contributed by atoms with Crippen LogP contribution in [0.3, 0.4) is 0 Å². The highest BCUT2D eigenvalue weighted by Gasteiger charge is 2.12. The molecule has 2 N–H and O–H groups in total. The lowest BCUT2D eigenvalue weighted by Crippen LogP contribution is -2.25. The normalized spacial score (nSPS) is 11.1. The smallest absolute Gasteiger partial charge is 0.271 e. The molecule has 0 aliphatic carbocycles. The highest BCUT2D eigenvalue weighted by molar-refractivity contribution is 9.10. The number of aryl methyl sites for hydroxylation is 1. The molecule has 20 heavy (non-hydrogen) atoms. The second-order valence-electron chi connectivity index (χ2n) is 5.10. The average Bonchev–Trinajstić information content (AvgIpc) is 2.41. The van der Waals surface area contributed by atoms with Gasteiger partial charge in [0.15, 0.2) is 0 Å². The summed E-state index contributed by atoms with van der Waals surface area (Å²) in [4.78, 5) is 12.2. The van der Waals surface area contributed by atoms with Gasteiger partial charge in [-0.1, -0.05) is 35.8 Å². The molecule has 2 aromatic rings. The van der Waals surface area contributed by atoms with Crippen LogP contribution >= 0.6 is 15.9 Å². The number of nitrogens with two attached hydrogens (primary N) is 1. The first-order chi connectivity index (χ1) is 9.43. The van der Waals surface area contributed by atoms with E-state index in [0.29, 0.717) is 6.54 Å². The van der Waals surface area contributed by atoms with Gasteiger partial charge < -0.3 is 5.73 Å². The molecule has 1 aromatic carbocycles. The molecule has 0 saturated carbocycles. The van der Waals surface area contributed by atoms with Crippen molar-refractivity contribution in [1.82, 2.24) is 9.78 Å². The van der Waals surface area contributed by atoms with E-state index in [2.05, 4.69) is 21.0 Å². The molecule has 0 atom stereocenters. The molecule has 4 nitrogen and oxygen atoms in total. The molecule has 1 heterocycles. The fourth-order valence-electron chi connectivity index (χ4n) is 2.05. The Hall–Kier alpha value is -1.46. The predicted molar refractivity (Wildman–Crippen MR) is 84.3 cm³/mol. The Labute approximate surface area is 126 Å². The van der Waals surface area contributed by atoms with E-state index in [1.54, 1.807) is 6.07 Å². The fraction of sp³-hybridized carbons (Fsp3) is 0.333. The molecule has 0 aliphatic heterocycles. The lowest BCUT2D eigenvalue weighted by Gasteiger charge is -2.13. The zero-order valence-corrected chi connectivity index (χ0v) is 13.4. The number of hydrogen-bond donors (Lipinski definition) is 1. The Balaban J connectivity index is 2.65. The minimum Gasteiger partial charge on any atom is -0.326 e. The predicted octanol–water partition coefficient (Wildman–Crippen LogP) is 2.89. The molecule has 106 valence electrons. The number of rotatable bonds is 3. The molecule has 0 bridgehead atoms. The number of aromatic nitrogens is 2. The second kappa shape index (κ2) is 5.89. The van der Waals surface area contributed by atoms with Crippen molar-refractivity contribution >= 4 is 15.9 Å². The van der Waals surface area contributed by atoms with Crippen LogP contribution in [0.2, 0.25) is 0 Å². The summed E-state index contributed by atoms with van der Waals surface area (Å²) in [6.45, 7) is 6.41. The summed E-state index contributed by atoms with van der Waals surface area (Å²) in [6, 6.07) is 7.33. The summed E-state index contributed by atoms with van der Waals surface area (Å²) >= 11 is 3.48. The van der Waals surface area contributed by atoms with Crippen molar-refractivity contribution in [3.63, 3.8) is 0 Å². The van der Waals surface area contributed by atoms with Gasteiger partial charge in [-0.3, -0.25) is 4.79 Å². The van der Waals surface area contributed by atoms with E-state index in [1.165, 1.54) is 4.68 Å². The quantitative estimate of drug-likeness (QED) is 0.938. The van der Waals surface area contributed by atoms with Crippen LogP contribution in [0.4, 0.5) is 0 Å². The Bertz CT molecular complexity index is 692. The average molecular weight is 336 g/mol. The van der Waals surface area contributed by atoms with Crippen molar-refractivity contribution in [2.75, 3.05) is 0 Å². The van der Waals surface area contributed by atoms with Gasteiger partial charge in [0.05, 0.1) is 11.4 Å². The van der Waals surface area contributed by atoms with Gasteiger partial charge in [-0.2, -0.15) is 9.78 Å². The zero-order chi connectivity index (χ0) is 14.9. The summed E-state index contributed by atoms with van der Waals surface area (Å²) < 4.78 is 2.39. The molecule has 1 aromatic heterocycles. The van der Waals surface area contributed by atoms with Crippen LogP contribution in [0, 0.1) is 6.92 Å². The second-order valence-corrected chi connectivity index (χ2v) is 5.95. The van der Waals surface area contributed by atoms with Crippen molar-refractivity contribution in [1.29, 1.82) is 0 Å². The number of benzene rings is 1. The van der Waals surface area contributed by atoms with Crippen LogP contribution in [-0.2, 0) is 6.54 Å². The van der Waals surface area contributed by atoms with Gasteiger partial charge in [0, 0.05) is 17.1 Å². The van der Waals surface area contributed by atoms with Crippen molar-refractivity contribution in [2.24, 2.45) is 5.73 Å². The van der Waals surface area contributed by atoms with Gasteiger partial charge in [-0.05, 0) is 36.1 Å². The van der Waals surface area contributed by atoms with E-state index in [-0.39, 0.29) is 11.5 Å². The lowest BCUT2D eigenvalue weighted by atomic mass is 10.0. The van der Waals surface area contributed by atoms with Gasteiger partial charge in [0.25, 0.3) is 5.56 Å². The summed E-state index contributed by atoms with van der Waals surface area (Å²) in [5.74, 6) is 0.217. The molecule has 0 aliphatic rings. The van der Waals surface area contributed by atoms with Gasteiger partial charge in [-0.25, -0.2) is 0 Å². The molecule has 0 spiro atoms. The van der Waals surface area contributed by atoms with E-state index >= 15 is 0 Å². The van der Waals surface area contributed by atoms with Crippen LogP contribution in [0.1, 0.15) is 36.6 Å². The standard InChI is InChI=1S/C15H18BrN3O/c1-9(2)15-11(8-17)6-14(20)19(18-15)12-5-4-10(3)13(16)7-12/h4-7,9H,8,17H2,1-3H3. The van der Waals surface area contributed by atoms with Gasteiger partial charge in [-0.15, -0.1) is 0 Å². The summed E-state index contributed by atoms with van der Waals surface area (Å²) in [7, 11) is 0. The molecule has 5 heteroatoms. The first-order valence-electron chi connectivity index (χ1n) is 6.53. The Morgan fingerprint density at radius 3 is 2.60 bits per heavy atom. The molecule has 0 unspecified atom stereocenters. The number of hydrogen-bond acceptors (Lipinski definition) is 3. The van der Waals surface area contributed by atoms with E-state index in [1.807, 2.05) is 39.0 Å². The number of nitrogens with zero attached hydrogens (tertiary/aromatic N) is 2. The maximum absolute atomic E-state index is 12.2. The van der Waals surface area contributed by atoms with E-state index in [0.717, 1.165) is 27.0 Å². The van der Waals surface area contributed by atoms with Crippen molar-refractivity contribution in [3.05, 3.63) is 55.9 Å². The lowest BCUT2D eigenvalue weighted by molar-refractivity contribution is 0.694. The van der Waals surface area contributed by atoms with Crippen molar-refractivity contribution < 1.29 is 0 Å².